The zero-order chi connectivity index (χ0) is 28.0. The molecule has 2 aromatic heterocycles. The highest BCUT2D eigenvalue weighted by Gasteiger charge is 2.32. The molecular formula is C28H24F3N5O4. The molecule has 0 atom stereocenters. The summed E-state index contributed by atoms with van der Waals surface area (Å²) in [7, 11) is 0. The van der Waals surface area contributed by atoms with Gasteiger partial charge in [0, 0.05) is 17.0 Å². The average molecular weight is 552 g/mol. The van der Waals surface area contributed by atoms with Gasteiger partial charge in [0.1, 0.15) is 5.75 Å². The third-order valence-electron chi connectivity index (χ3n) is 7.18. The summed E-state index contributed by atoms with van der Waals surface area (Å²) in [5.74, 6) is -0.536. The van der Waals surface area contributed by atoms with Crippen LogP contribution in [0.3, 0.4) is 0 Å². The number of carboxylic acids is 1. The Hall–Kier alpha value is -4.58. The van der Waals surface area contributed by atoms with Gasteiger partial charge in [-0.15, -0.1) is 13.2 Å². The van der Waals surface area contributed by atoms with Gasteiger partial charge in [0.2, 0.25) is 5.95 Å². The van der Waals surface area contributed by atoms with Crippen LogP contribution in [0.4, 0.5) is 24.9 Å². The number of H-pyrrole nitrogens is 1. The summed E-state index contributed by atoms with van der Waals surface area (Å²) in [4.78, 5) is 16.3. The lowest BCUT2D eigenvalue weighted by Crippen LogP contribution is -2.22. The molecular weight excluding hydrogens is 527 g/mol. The topological polar surface area (TPSA) is 125 Å². The normalized spacial score (nSPS) is 17.8. The minimum absolute atomic E-state index is 0.0127. The van der Waals surface area contributed by atoms with E-state index in [-0.39, 0.29) is 29.0 Å². The van der Waals surface area contributed by atoms with Gasteiger partial charge in [0.25, 0.3) is 0 Å². The molecule has 1 aliphatic rings. The molecule has 0 unspecified atom stereocenters. The van der Waals surface area contributed by atoms with Gasteiger partial charge in [-0.25, -0.2) is 9.78 Å². The van der Waals surface area contributed by atoms with Crippen LogP contribution in [0.15, 0.2) is 60.7 Å². The summed E-state index contributed by atoms with van der Waals surface area (Å²) in [6, 6.07) is 15.8. The fourth-order valence-electron chi connectivity index (χ4n) is 5.31. The number of imidazole rings is 1. The number of aliphatic hydroxyl groups excluding tert-OH is 1. The number of aromatic carboxylic acids is 1. The van der Waals surface area contributed by atoms with Gasteiger partial charge in [-0.3, -0.25) is 5.10 Å². The van der Waals surface area contributed by atoms with E-state index in [1.165, 1.54) is 24.3 Å². The fourth-order valence-corrected chi connectivity index (χ4v) is 5.31. The van der Waals surface area contributed by atoms with E-state index in [9.17, 15) is 28.2 Å². The number of halogens is 3. The second-order valence-electron chi connectivity index (χ2n) is 9.78. The van der Waals surface area contributed by atoms with Gasteiger partial charge in [-0.2, -0.15) is 5.10 Å². The molecule has 9 nitrogen and oxygen atoms in total. The summed E-state index contributed by atoms with van der Waals surface area (Å²) < 4.78 is 45.3. The van der Waals surface area contributed by atoms with Crippen LogP contribution in [0.5, 0.6) is 5.75 Å². The number of nitrogens with zero attached hydrogens (tertiary/aromatic N) is 3. The summed E-state index contributed by atoms with van der Waals surface area (Å²) in [5, 5.41) is 30.7. The Bertz CT molecular complexity index is 1720. The number of hydrogen-bond donors (Lipinski definition) is 4. The quantitative estimate of drug-likeness (QED) is 0.193. The third-order valence-corrected chi connectivity index (χ3v) is 7.18. The first-order chi connectivity index (χ1) is 19.2. The molecule has 5 aromatic rings. The van der Waals surface area contributed by atoms with Gasteiger partial charge in [0.05, 0.1) is 28.2 Å². The van der Waals surface area contributed by atoms with E-state index in [2.05, 4.69) is 20.3 Å². The number of aliphatic hydroxyl groups is 1. The number of aromatic amines is 1. The maximum atomic E-state index is 13.0. The van der Waals surface area contributed by atoms with Gasteiger partial charge in [-0.1, -0.05) is 24.3 Å². The van der Waals surface area contributed by atoms with Gasteiger partial charge in [-0.05, 0) is 67.6 Å². The third kappa shape index (κ3) is 4.93. The monoisotopic (exact) mass is 551 g/mol. The van der Waals surface area contributed by atoms with Crippen LogP contribution >= 0.6 is 0 Å². The molecule has 0 saturated heterocycles. The SMILES string of the molecule is O=C(O)c1ccc2c(c1)nc(Nc1n[nH]c3ccc(-c4ccccc4OC(F)(F)F)cc13)n2C1CCC(O)CC1. The number of carboxylic acid groups (broad SMARTS) is 1. The maximum absolute atomic E-state index is 13.0. The number of hydrogen-bond acceptors (Lipinski definition) is 6. The lowest BCUT2D eigenvalue weighted by atomic mass is 9.93. The van der Waals surface area contributed by atoms with Crippen LogP contribution < -0.4 is 10.1 Å². The molecule has 4 N–H and O–H groups in total. The molecule has 40 heavy (non-hydrogen) atoms. The molecule has 0 radical (unpaired) electrons. The summed E-state index contributed by atoms with van der Waals surface area (Å²) in [6.45, 7) is 0. The standard InChI is InChI=1S/C28H24F3N5O4/c29-28(30,31)40-24-4-2-1-3-19(24)15-5-11-21-20(13-15)25(35-34-21)33-27-32-22-14-16(26(38)39)6-12-23(22)36(27)17-7-9-18(37)10-8-17/h1-6,11-14,17-18,37H,7-10H2,(H,38,39)(H2,32,33,34,35). The van der Waals surface area contributed by atoms with Crippen LogP contribution in [0.1, 0.15) is 42.1 Å². The Morgan fingerprint density at radius 1 is 1.05 bits per heavy atom. The van der Waals surface area contributed by atoms with Crippen LogP contribution in [0.25, 0.3) is 33.1 Å². The van der Waals surface area contributed by atoms with Crippen LogP contribution in [-0.2, 0) is 0 Å². The molecule has 206 valence electrons. The van der Waals surface area contributed by atoms with Crippen molar-refractivity contribution in [1.82, 2.24) is 19.7 Å². The van der Waals surface area contributed by atoms with E-state index in [1.807, 2.05) is 4.57 Å². The van der Waals surface area contributed by atoms with Crippen molar-refractivity contribution in [2.75, 3.05) is 5.32 Å². The fraction of sp³-hybridized carbons (Fsp3) is 0.250. The molecule has 1 fully saturated rings. The van der Waals surface area contributed by atoms with Crippen molar-refractivity contribution < 1.29 is 32.9 Å². The second kappa shape index (κ2) is 9.87. The molecule has 1 aliphatic carbocycles. The van der Waals surface area contributed by atoms with E-state index >= 15 is 0 Å². The van der Waals surface area contributed by atoms with E-state index in [4.69, 9.17) is 4.98 Å². The number of anilines is 2. The number of rotatable bonds is 6. The van der Waals surface area contributed by atoms with Crippen LogP contribution in [0, 0.1) is 0 Å². The van der Waals surface area contributed by atoms with Crippen LogP contribution in [-0.4, -0.2) is 48.4 Å². The minimum Gasteiger partial charge on any atom is -0.478 e. The summed E-state index contributed by atoms with van der Waals surface area (Å²) in [6.07, 6.45) is -2.51. The van der Waals surface area contributed by atoms with Crippen molar-refractivity contribution in [2.24, 2.45) is 0 Å². The van der Waals surface area contributed by atoms with Crippen LogP contribution in [0.2, 0.25) is 0 Å². The molecule has 6 rings (SSSR count). The molecule has 0 aliphatic heterocycles. The molecule has 0 amide bonds. The Kier molecular flexibility index (Phi) is 6.34. The lowest BCUT2D eigenvalue weighted by Gasteiger charge is -2.28. The molecule has 1 saturated carbocycles. The van der Waals surface area contributed by atoms with E-state index in [0.29, 0.717) is 59.4 Å². The number of benzene rings is 3. The maximum Gasteiger partial charge on any atom is 0.573 e. The number of alkyl halides is 3. The Morgan fingerprint density at radius 3 is 2.58 bits per heavy atom. The molecule has 12 heteroatoms. The summed E-state index contributed by atoms with van der Waals surface area (Å²) >= 11 is 0. The summed E-state index contributed by atoms with van der Waals surface area (Å²) in [5.41, 5.74) is 2.76. The first-order valence-electron chi connectivity index (χ1n) is 12.7. The highest BCUT2D eigenvalue weighted by atomic mass is 19.4. The van der Waals surface area contributed by atoms with Crippen molar-refractivity contribution >= 4 is 39.7 Å². The van der Waals surface area contributed by atoms with E-state index in [1.54, 1.807) is 36.4 Å². The molecule has 2 heterocycles. The number of ether oxygens (including phenoxy) is 1. The highest BCUT2D eigenvalue weighted by molar-refractivity contribution is 5.96. The van der Waals surface area contributed by atoms with Gasteiger partial charge >= 0.3 is 12.3 Å². The smallest absolute Gasteiger partial charge is 0.478 e. The number of carbonyl (C=O) groups is 1. The average Bonchev–Trinajstić information content (AvgIpc) is 3.48. The predicted octanol–water partition coefficient (Wildman–Crippen LogP) is 6.40. The van der Waals surface area contributed by atoms with Crippen molar-refractivity contribution in [1.29, 1.82) is 0 Å². The Morgan fingerprint density at radius 2 is 1.82 bits per heavy atom. The number of fused-ring (bicyclic) bond motifs is 2. The zero-order valence-corrected chi connectivity index (χ0v) is 20.9. The first kappa shape index (κ1) is 25.7. The second-order valence-corrected chi connectivity index (χ2v) is 9.78. The number of para-hydroxylation sites is 1. The van der Waals surface area contributed by atoms with Crippen molar-refractivity contribution in [2.45, 2.75) is 44.2 Å². The van der Waals surface area contributed by atoms with E-state index in [0.717, 1.165) is 5.52 Å². The Balaban J connectivity index is 1.42. The number of nitrogens with one attached hydrogen (secondary N) is 2. The van der Waals surface area contributed by atoms with Crippen molar-refractivity contribution in [3.8, 4) is 16.9 Å². The zero-order valence-electron chi connectivity index (χ0n) is 20.9. The lowest BCUT2D eigenvalue weighted by molar-refractivity contribution is -0.274. The molecule has 0 bridgehead atoms. The van der Waals surface area contributed by atoms with Gasteiger partial charge < -0.3 is 24.8 Å². The van der Waals surface area contributed by atoms with Crippen molar-refractivity contribution in [3.05, 3.63) is 66.2 Å². The predicted molar refractivity (Wildman–Crippen MR) is 142 cm³/mol. The Labute approximate surface area is 225 Å². The molecule has 0 spiro atoms. The number of aromatic nitrogens is 4. The largest absolute Gasteiger partial charge is 0.573 e. The van der Waals surface area contributed by atoms with Gasteiger partial charge in [0.15, 0.2) is 5.82 Å². The van der Waals surface area contributed by atoms with E-state index < -0.39 is 12.3 Å². The molecule has 3 aromatic carbocycles. The van der Waals surface area contributed by atoms with Crippen molar-refractivity contribution in [3.63, 3.8) is 0 Å². The first-order valence-corrected chi connectivity index (χ1v) is 12.7. The highest BCUT2D eigenvalue weighted by Crippen LogP contribution is 2.38. The minimum atomic E-state index is -4.84.